The third-order valence-electron chi connectivity index (χ3n) is 3.66. The predicted octanol–water partition coefficient (Wildman–Crippen LogP) is 4.56. The predicted molar refractivity (Wildman–Crippen MR) is 85.6 cm³/mol. The summed E-state index contributed by atoms with van der Waals surface area (Å²) in [7, 11) is 0. The Bertz CT molecular complexity index is 824. The molecule has 1 radical (unpaired) electrons. The third kappa shape index (κ3) is 5.34. The minimum atomic E-state index is -1.39. The number of carbonyl (C=O) groups is 2. The molecule has 0 aliphatic rings. The molecule has 0 atom stereocenters. The molecule has 2 aromatic carbocycles. The normalized spacial score (nSPS) is 9.78. The molecule has 4 nitrogen and oxygen atoms in total. The van der Waals surface area contributed by atoms with Crippen LogP contribution in [0.25, 0.3) is 0 Å². The Balaban J connectivity index is 0.000000483. The van der Waals surface area contributed by atoms with Crippen molar-refractivity contribution in [3.05, 3.63) is 68.8 Å². The molecule has 0 saturated heterocycles. The van der Waals surface area contributed by atoms with E-state index in [1.165, 1.54) is 27.7 Å². The number of aryl methyl sites for hydroxylation is 2. The average Bonchev–Trinajstić information content (AvgIpc) is 2.57. The van der Waals surface area contributed by atoms with Crippen LogP contribution in [-0.4, -0.2) is 22.2 Å². The van der Waals surface area contributed by atoms with Gasteiger partial charge in [0.2, 0.25) is 0 Å². The smallest absolute Gasteiger partial charge is 0.338 e. The van der Waals surface area contributed by atoms with Crippen LogP contribution in [0.2, 0.25) is 0 Å². The first-order valence-corrected chi connectivity index (χ1v) is 7.27. The van der Waals surface area contributed by atoms with E-state index in [-0.39, 0.29) is 40.8 Å². The molecule has 0 aliphatic heterocycles. The van der Waals surface area contributed by atoms with Crippen molar-refractivity contribution >= 4 is 11.9 Å². The topological polar surface area (TPSA) is 74.6 Å². The molecule has 0 saturated carbocycles. The van der Waals surface area contributed by atoms with E-state index in [9.17, 15) is 27.2 Å². The molecule has 0 bridgehead atoms. The number of carboxylic acid groups (broad SMARTS) is 2. The van der Waals surface area contributed by atoms with E-state index in [1.807, 2.05) is 0 Å². The Kier molecular flexibility index (Phi) is 8.75. The van der Waals surface area contributed by atoms with Crippen molar-refractivity contribution in [2.24, 2.45) is 0 Å². The standard InChI is InChI=1S/2C9H8F2O2.V/c2*1-4-3-6(9(12)13)8(11)5(2)7(4)10;/h2*3H,1-2H3,(H,12,13);. The Morgan fingerprint density at radius 3 is 1.15 bits per heavy atom. The molecule has 0 amide bonds. The largest absolute Gasteiger partial charge is 0.478 e. The van der Waals surface area contributed by atoms with Gasteiger partial charge in [0.25, 0.3) is 0 Å². The molecule has 9 heteroatoms. The Morgan fingerprint density at radius 1 is 0.667 bits per heavy atom. The van der Waals surface area contributed by atoms with Gasteiger partial charge in [-0.25, -0.2) is 27.2 Å². The zero-order chi connectivity index (χ0) is 20.3. The van der Waals surface area contributed by atoms with E-state index in [4.69, 9.17) is 10.2 Å². The van der Waals surface area contributed by atoms with Crippen LogP contribution < -0.4 is 0 Å². The van der Waals surface area contributed by atoms with Crippen molar-refractivity contribution in [1.82, 2.24) is 0 Å². The van der Waals surface area contributed by atoms with Crippen LogP contribution in [0.5, 0.6) is 0 Å². The molecule has 2 aromatic rings. The van der Waals surface area contributed by atoms with E-state index in [0.717, 1.165) is 12.1 Å². The van der Waals surface area contributed by atoms with Crippen molar-refractivity contribution in [2.75, 3.05) is 0 Å². The SMILES string of the molecule is Cc1cc(C(=O)O)c(F)c(C)c1F.Cc1cc(C(=O)O)c(F)c(C)c1F.[V]. The van der Waals surface area contributed by atoms with Gasteiger partial charge < -0.3 is 10.2 Å². The molecule has 27 heavy (non-hydrogen) atoms. The number of hydrogen-bond acceptors (Lipinski definition) is 2. The van der Waals surface area contributed by atoms with Crippen molar-refractivity contribution in [3.8, 4) is 0 Å². The number of benzene rings is 2. The van der Waals surface area contributed by atoms with E-state index in [2.05, 4.69) is 0 Å². The molecular formula is C18H16F4O4V. The van der Waals surface area contributed by atoms with Crippen LogP contribution in [0.4, 0.5) is 17.6 Å². The molecule has 0 spiro atoms. The zero-order valence-electron chi connectivity index (χ0n) is 14.8. The fourth-order valence-corrected chi connectivity index (χ4v) is 2.19. The summed E-state index contributed by atoms with van der Waals surface area (Å²) >= 11 is 0. The van der Waals surface area contributed by atoms with Crippen LogP contribution >= 0.6 is 0 Å². The van der Waals surface area contributed by atoms with Crippen molar-refractivity contribution in [1.29, 1.82) is 0 Å². The second kappa shape index (κ2) is 9.57. The maximum absolute atomic E-state index is 13.1. The molecule has 2 rings (SSSR count). The quantitative estimate of drug-likeness (QED) is 0.695. The zero-order valence-corrected chi connectivity index (χ0v) is 16.2. The van der Waals surface area contributed by atoms with Gasteiger partial charge in [-0.15, -0.1) is 0 Å². The summed E-state index contributed by atoms with van der Waals surface area (Å²) in [5.41, 5.74) is -1.21. The Labute approximate surface area is 164 Å². The first-order chi connectivity index (χ1) is 11.9. The van der Waals surface area contributed by atoms with Crippen molar-refractivity contribution in [2.45, 2.75) is 27.7 Å². The van der Waals surface area contributed by atoms with Gasteiger partial charge in [0.1, 0.15) is 23.3 Å². The van der Waals surface area contributed by atoms with Gasteiger partial charge in [-0.05, 0) is 51.0 Å². The van der Waals surface area contributed by atoms with Gasteiger partial charge in [0.15, 0.2) is 0 Å². The first kappa shape index (κ1) is 24.7. The molecule has 0 heterocycles. The van der Waals surface area contributed by atoms with Gasteiger partial charge >= 0.3 is 11.9 Å². The fourth-order valence-electron chi connectivity index (χ4n) is 2.19. The van der Waals surface area contributed by atoms with E-state index >= 15 is 0 Å². The monoisotopic (exact) mass is 423 g/mol. The minimum Gasteiger partial charge on any atom is -0.478 e. The Morgan fingerprint density at radius 2 is 0.926 bits per heavy atom. The summed E-state index contributed by atoms with van der Waals surface area (Å²) in [5, 5.41) is 17.1. The first-order valence-electron chi connectivity index (χ1n) is 7.27. The fraction of sp³-hybridized carbons (Fsp3) is 0.222. The van der Waals surface area contributed by atoms with Crippen molar-refractivity contribution < 1.29 is 55.9 Å². The number of rotatable bonds is 2. The summed E-state index contributed by atoms with van der Waals surface area (Å²) in [6.07, 6.45) is 0. The number of hydrogen-bond donors (Lipinski definition) is 2. The molecule has 0 aliphatic carbocycles. The summed E-state index contributed by atoms with van der Waals surface area (Å²) in [6, 6.07) is 1.97. The van der Waals surface area contributed by atoms with Gasteiger partial charge in [-0.1, -0.05) is 0 Å². The van der Waals surface area contributed by atoms with Gasteiger partial charge in [-0.3, -0.25) is 0 Å². The molecule has 0 fully saturated rings. The number of halogens is 4. The van der Waals surface area contributed by atoms with E-state index < -0.39 is 46.3 Å². The van der Waals surface area contributed by atoms with Crippen LogP contribution in [0.15, 0.2) is 12.1 Å². The second-order valence-electron chi connectivity index (χ2n) is 5.60. The summed E-state index contributed by atoms with van der Waals surface area (Å²) in [4.78, 5) is 21.0. The summed E-state index contributed by atoms with van der Waals surface area (Å²) in [6.45, 7) is 5.22. The second-order valence-corrected chi connectivity index (χ2v) is 5.60. The van der Waals surface area contributed by atoms with Gasteiger partial charge in [0, 0.05) is 29.7 Å². The van der Waals surface area contributed by atoms with Gasteiger partial charge in [0.05, 0.1) is 11.1 Å². The number of carboxylic acids is 2. The molecular weight excluding hydrogens is 407 g/mol. The van der Waals surface area contributed by atoms with Gasteiger partial charge in [-0.2, -0.15) is 0 Å². The average molecular weight is 423 g/mol. The molecule has 0 aromatic heterocycles. The van der Waals surface area contributed by atoms with E-state index in [1.54, 1.807) is 0 Å². The molecule has 145 valence electrons. The summed E-state index contributed by atoms with van der Waals surface area (Å²) < 4.78 is 52.1. The Hall–Kier alpha value is -2.32. The van der Waals surface area contributed by atoms with E-state index in [0.29, 0.717) is 0 Å². The molecule has 2 N–H and O–H groups in total. The molecule has 0 unspecified atom stereocenters. The summed E-state index contributed by atoms with van der Waals surface area (Å²) in [5.74, 6) is -6.16. The van der Waals surface area contributed by atoms with Crippen molar-refractivity contribution in [3.63, 3.8) is 0 Å². The van der Waals surface area contributed by atoms with Crippen LogP contribution in [0.3, 0.4) is 0 Å². The van der Waals surface area contributed by atoms with Crippen LogP contribution in [-0.2, 0) is 18.6 Å². The van der Waals surface area contributed by atoms with Crippen LogP contribution in [0.1, 0.15) is 43.0 Å². The maximum Gasteiger partial charge on any atom is 0.338 e. The van der Waals surface area contributed by atoms with Crippen LogP contribution in [0, 0.1) is 51.0 Å². The minimum absolute atomic E-state index is 0. The third-order valence-corrected chi connectivity index (χ3v) is 3.66. The number of aromatic carboxylic acids is 2. The maximum atomic E-state index is 13.1.